The molecule has 0 aliphatic heterocycles. The number of para-hydroxylation sites is 1. The van der Waals surface area contributed by atoms with Gasteiger partial charge in [-0.3, -0.25) is 14.8 Å². The summed E-state index contributed by atoms with van der Waals surface area (Å²) in [5.74, 6) is -1.35. The fourth-order valence-electron chi connectivity index (χ4n) is 2.04. The summed E-state index contributed by atoms with van der Waals surface area (Å²) in [4.78, 5) is 20.2. The Morgan fingerprint density at radius 1 is 1.28 bits per heavy atom. The van der Waals surface area contributed by atoms with E-state index < -0.39 is 30.2 Å². The van der Waals surface area contributed by atoms with E-state index in [9.17, 15) is 22.4 Å². The maximum absolute atomic E-state index is 13.1. The normalized spacial score (nSPS) is 12.7. The molecule has 5 nitrogen and oxygen atoms in total. The molecule has 1 aromatic carbocycles. The first-order chi connectivity index (χ1) is 11.8. The van der Waals surface area contributed by atoms with Crippen molar-refractivity contribution in [3.8, 4) is 5.75 Å². The highest BCUT2D eigenvalue weighted by Crippen LogP contribution is 2.29. The zero-order valence-electron chi connectivity index (χ0n) is 13.1. The maximum atomic E-state index is 13.1. The number of benzene rings is 1. The van der Waals surface area contributed by atoms with E-state index in [1.807, 2.05) is 0 Å². The molecule has 0 aliphatic carbocycles. The second-order valence-corrected chi connectivity index (χ2v) is 5.24. The molecule has 0 saturated heterocycles. The van der Waals surface area contributed by atoms with Crippen LogP contribution in [0.3, 0.4) is 0 Å². The number of aromatic nitrogens is 2. The zero-order valence-corrected chi connectivity index (χ0v) is 13.1. The van der Waals surface area contributed by atoms with Crippen molar-refractivity contribution in [2.45, 2.75) is 31.9 Å². The Morgan fingerprint density at radius 3 is 2.64 bits per heavy atom. The average molecular weight is 357 g/mol. The Balaban J connectivity index is 2.09. The smallest absolute Gasteiger partial charge is 0.427 e. The topological polar surface area (TPSA) is 64.1 Å². The molecule has 134 valence electrons. The van der Waals surface area contributed by atoms with Gasteiger partial charge in [0.2, 0.25) is 0 Å². The summed E-state index contributed by atoms with van der Waals surface area (Å²) >= 11 is 0. The van der Waals surface area contributed by atoms with Crippen LogP contribution in [0.2, 0.25) is 0 Å². The van der Waals surface area contributed by atoms with Crippen molar-refractivity contribution in [3.63, 3.8) is 0 Å². The van der Waals surface area contributed by atoms with Crippen molar-refractivity contribution >= 4 is 5.91 Å². The number of nitrogens with one attached hydrogen (secondary N) is 1. The third-order valence-electron chi connectivity index (χ3n) is 3.14. The van der Waals surface area contributed by atoms with E-state index in [0.717, 1.165) is 6.07 Å². The molecule has 0 unspecified atom stereocenters. The number of carbonyl (C=O) groups is 1. The molecule has 1 atom stereocenters. The lowest BCUT2D eigenvalue weighted by Gasteiger charge is -2.19. The van der Waals surface area contributed by atoms with Gasteiger partial charge >= 0.3 is 12.5 Å². The standard InChI is InChI=1S/C16H15F4N3O2/c1-10(8-11-9-21-6-7-22-11)23-14(24)12-4-2-3-5-13(12)25-16(19,20)15(17)18/h2-7,9-10,15H,8H2,1H3,(H,23,24)/t10-/m0/s1. The van der Waals surface area contributed by atoms with Gasteiger partial charge in [0, 0.05) is 31.1 Å². The fourth-order valence-corrected chi connectivity index (χ4v) is 2.04. The number of alkyl halides is 4. The highest BCUT2D eigenvalue weighted by molar-refractivity contribution is 5.97. The van der Waals surface area contributed by atoms with Crippen molar-refractivity contribution in [3.05, 3.63) is 54.1 Å². The monoisotopic (exact) mass is 357 g/mol. The number of carbonyl (C=O) groups excluding carboxylic acids is 1. The Kier molecular flexibility index (Phi) is 5.89. The fraction of sp³-hybridized carbons (Fsp3) is 0.312. The number of amides is 1. The Morgan fingerprint density at radius 2 is 2.00 bits per heavy atom. The predicted octanol–water partition coefficient (Wildman–Crippen LogP) is 3.07. The number of halogens is 4. The van der Waals surface area contributed by atoms with Crippen LogP contribution in [0.5, 0.6) is 5.75 Å². The first kappa shape index (κ1) is 18.6. The summed E-state index contributed by atoms with van der Waals surface area (Å²) in [6.45, 7) is 1.68. The highest BCUT2D eigenvalue weighted by Gasteiger charge is 2.44. The number of hydrogen-bond donors (Lipinski definition) is 1. The highest BCUT2D eigenvalue weighted by atomic mass is 19.3. The van der Waals surface area contributed by atoms with E-state index in [2.05, 4.69) is 20.0 Å². The first-order valence-corrected chi connectivity index (χ1v) is 7.29. The molecule has 1 N–H and O–H groups in total. The van der Waals surface area contributed by atoms with Gasteiger partial charge < -0.3 is 10.1 Å². The third-order valence-corrected chi connectivity index (χ3v) is 3.14. The van der Waals surface area contributed by atoms with Gasteiger partial charge in [0.15, 0.2) is 0 Å². The lowest BCUT2D eigenvalue weighted by molar-refractivity contribution is -0.253. The lowest BCUT2D eigenvalue weighted by Crippen LogP contribution is -2.36. The van der Waals surface area contributed by atoms with Crippen LogP contribution in [0.25, 0.3) is 0 Å². The molecule has 0 spiro atoms. The van der Waals surface area contributed by atoms with E-state index in [-0.39, 0.29) is 5.56 Å². The lowest BCUT2D eigenvalue weighted by atomic mass is 10.1. The van der Waals surface area contributed by atoms with Crippen molar-refractivity contribution in [2.75, 3.05) is 0 Å². The maximum Gasteiger partial charge on any atom is 0.461 e. The summed E-state index contributed by atoms with van der Waals surface area (Å²) in [7, 11) is 0. The number of hydrogen-bond acceptors (Lipinski definition) is 4. The molecule has 9 heteroatoms. The van der Waals surface area contributed by atoms with Gasteiger partial charge in [-0.05, 0) is 19.1 Å². The quantitative estimate of drug-likeness (QED) is 0.774. The number of ether oxygens (including phenoxy) is 1. The summed E-state index contributed by atoms with van der Waals surface area (Å²) in [5.41, 5.74) is 0.359. The van der Waals surface area contributed by atoms with Crippen molar-refractivity contribution in [1.82, 2.24) is 15.3 Å². The third kappa shape index (κ3) is 5.13. The molecule has 1 heterocycles. The number of nitrogens with zero attached hydrogens (tertiary/aromatic N) is 2. The largest absolute Gasteiger partial charge is 0.461 e. The van der Waals surface area contributed by atoms with Crippen molar-refractivity contribution < 1.29 is 27.1 Å². The Hall–Kier alpha value is -2.71. The first-order valence-electron chi connectivity index (χ1n) is 7.29. The van der Waals surface area contributed by atoms with Gasteiger partial charge in [-0.1, -0.05) is 12.1 Å². The van der Waals surface area contributed by atoms with E-state index in [0.29, 0.717) is 12.1 Å². The molecule has 0 bridgehead atoms. The van der Waals surface area contributed by atoms with E-state index >= 15 is 0 Å². The summed E-state index contributed by atoms with van der Waals surface area (Å²) in [5, 5.41) is 2.58. The van der Waals surface area contributed by atoms with Crippen molar-refractivity contribution in [2.24, 2.45) is 0 Å². The van der Waals surface area contributed by atoms with Crippen LogP contribution in [0.4, 0.5) is 17.6 Å². The molecular weight excluding hydrogens is 342 g/mol. The van der Waals surface area contributed by atoms with Crippen LogP contribution in [0.15, 0.2) is 42.9 Å². The van der Waals surface area contributed by atoms with Crippen LogP contribution >= 0.6 is 0 Å². The van der Waals surface area contributed by atoms with Gasteiger partial charge in [0.05, 0.1) is 11.3 Å². The molecule has 25 heavy (non-hydrogen) atoms. The second kappa shape index (κ2) is 7.91. The van der Waals surface area contributed by atoms with Gasteiger partial charge in [-0.2, -0.15) is 17.6 Å². The number of rotatable bonds is 7. The molecule has 0 aliphatic rings. The minimum atomic E-state index is -4.69. The summed E-state index contributed by atoms with van der Waals surface area (Å²) in [6, 6.07) is 4.55. The molecular formula is C16H15F4N3O2. The van der Waals surface area contributed by atoms with Crippen LogP contribution in [-0.2, 0) is 6.42 Å². The van der Waals surface area contributed by atoms with Crippen molar-refractivity contribution in [1.29, 1.82) is 0 Å². The van der Waals surface area contributed by atoms with Gasteiger partial charge in [0.25, 0.3) is 5.91 Å². The molecule has 0 saturated carbocycles. The molecule has 1 amide bonds. The Labute approximate surface area is 141 Å². The van der Waals surface area contributed by atoms with E-state index in [4.69, 9.17) is 0 Å². The van der Waals surface area contributed by atoms with Gasteiger partial charge in [0.1, 0.15) is 5.75 Å². The molecule has 0 radical (unpaired) electrons. The van der Waals surface area contributed by atoms with E-state index in [1.165, 1.54) is 36.8 Å². The minimum absolute atomic E-state index is 0.270. The molecule has 0 fully saturated rings. The van der Waals surface area contributed by atoms with Crippen LogP contribution in [0.1, 0.15) is 23.0 Å². The molecule has 2 rings (SSSR count). The summed E-state index contributed by atoms with van der Waals surface area (Å²) < 4.78 is 54.9. The van der Waals surface area contributed by atoms with Gasteiger partial charge in [-0.25, -0.2) is 0 Å². The summed E-state index contributed by atoms with van der Waals surface area (Å²) in [6.07, 6.45) is -3.82. The SMILES string of the molecule is C[C@@H](Cc1cnccn1)NC(=O)c1ccccc1OC(F)(F)C(F)F. The second-order valence-electron chi connectivity index (χ2n) is 5.24. The minimum Gasteiger partial charge on any atom is -0.427 e. The molecule has 2 aromatic rings. The molecule has 1 aromatic heterocycles. The zero-order chi connectivity index (χ0) is 18.4. The van der Waals surface area contributed by atoms with Crippen LogP contribution in [0, 0.1) is 0 Å². The Bertz CT molecular complexity index is 714. The van der Waals surface area contributed by atoms with E-state index in [1.54, 1.807) is 6.92 Å². The predicted molar refractivity (Wildman–Crippen MR) is 80.7 cm³/mol. The van der Waals surface area contributed by atoms with Crippen LogP contribution < -0.4 is 10.1 Å². The average Bonchev–Trinajstić information content (AvgIpc) is 2.55. The van der Waals surface area contributed by atoms with Crippen LogP contribution in [-0.4, -0.2) is 34.5 Å². The van der Waals surface area contributed by atoms with Gasteiger partial charge in [-0.15, -0.1) is 0 Å².